The Morgan fingerprint density at radius 2 is 2.44 bits per heavy atom. The van der Waals surface area contributed by atoms with Crippen LogP contribution < -0.4 is 10.2 Å². The Morgan fingerprint density at radius 1 is 1.67 bits per heavy atom. The van der Waals surface area contributed by atoms with Gasteiger partial charge in [0.2, 0.25) is 5.91 Å². The number of hydrogen-bond donors (Lipinski definition) is 2. The molecule has 18 heavy (non-hydrogen) atoms. The molecule has 2 N–H and O–H groups in total. The number of rotatable bonds is 3. The van der Waals surface area contributed by atoms with Gasteiger partial charge >= 0.3 is 0 Å². The van der Waals surface area contributed by atoms with Crippen molar-refractivity contribution in [1.29, 1.82) is 0 Å². The van der Waals surface area contributed by atoms with E-state index in [4.69, 9.17) is 11.6 Å². The van der Waals surface area contributed by atoms with Gasteiger partial charge in [-0.25, -0.2) is 9.97 Å². The van der Waals surface area contributed by atoms with Gasteiger partial charge in [0.25, 0.3) is 0 Å². The first-order valence-electron chi connectivity index (χ1n) is 5.74. The van der Waals surface area contributed by atoms with Crippen LogP contribution in [0.5, 0.6) is 0 Å². The van der Waals surface area contributed by atoms with Crippen molar-refractivity contribution in [3.8, 4) is 0 Å². The third-order valence-corrected chi connectivity index (χ3v) is 3.25. The fourth-order valence-corrected chi connectivity index (χ4v) is 2.34. The van der Waals surface area contributed by atoms with Crippen LogP contribution >= 0.6 is 11.6 Å². The number of aliphatic hydroxyl groups is 1. The number of aliphatic hydroxyl groups excluding tert-OH is 1. The molecule has 0 aliphatic carbocycles. The first kappa shape index (κ1) is 13.0. The highest BCUT2D eigenvalue weighted by atomic mass is 35.5. The van der Waals surface area contributed by atoms with E-state index in [2.05, 4.69) is 15.3 Å². The average Bonchev–Trinajstić information content (AvgIpc) is 2.76. The van der Waals surface area contributed by atoms with Crippen molar-refractivity contribution < 1.29 is 9.90 Å². The summed E-state index contributed by atoms with van der Waals surface area (Å²) in [5, 5.41) is 12.5. The molecule has 6 nitrogen and oxygen atoms in total. The highest BCUT2D eigenvalue weighted by molar-refractivity contribution is 6.30. The van der Waals surface area contributed by atoms with Gasteiger partial charge in [0.1, 0.15) is 17.3 Å². The number of carbonyl (C=O) groups excluding carboxylic acids is 1. The molecule has 1 aromatic rings. The van der Waals surface area contributed by atoms with Crippen LogP contribution in [0, 0.1) is 0 Å². The fraction of sp³-hybridized carbons (Fsp3) is 0.545. The highest BCUT2D eigenvalue weighted by Gasteiger charge is 2.26. The fourth-order valence-electron chi connectivity index (χ4n) is 2.15. The monoisotopic (exact) mass is 270 g/mol. The predicted octanol–water partition coefficient (Wildman–Crippen LogP) is 0.337. The van der Waals surface area contributed by atoms with E-state index in [1.54, 1.807) is 0 Å². The van der Waals surface area contributed by atoms with Crippen molar-refractivity contribution in [2.24, 2.45) is 0 Å². The summed E-state index contributed by atoms with van der Waals surface area (Å²) in [5.41, 5.74) is 0.530. The Labute approximate surface area is 110 Å². The largest absolute Gasteiger partial charge is 0.391 e. The summed E-state index contributed by atoms with van der Waals surface area (Å²) in [6, 6.07) is 0.114. The Balaban J connectivity index is 2.14. The van der Waals surface area contributed by atoms with Crippen molar-refractivity contribution in [2.75, 3.05) is 18.0 Å². The van der Waals surface area contributed by atoms with E-state index in [9.17, 15) is 9.90 Å². The Kier molecular flexibility index (Phi) is 3.98. The molecule has 0 saturated carbocycles. The lowest BCUT2D eigenvalue weighted by molar-refractivity contribution is -0.119. The van der Waals surface area contributed by atoms with Crippen molar-refractivity contribution in [3.63, 3.8) is 0 Å². The lowest BCUT2D eigenvalue weighted by Crippen LogP contribution is -2.35. The molecular formula is C11H15ClN4O2. The maximum atomic E-state index is 11.0. The van der Waals surface area contributed by atoms with E-state index in [-0.39, 0.29) is 23.7 Å². The average molecular weight is 271 g/mol. The minimum atomic E-state index is -0.198. The van der Waals surface area contributed by atoms with Gasteiger partial charge in [0.05, 0.1) is 12.2 Å². The Hall–Kier alpha value is -1.40. The molecule has 1 amide bonds. The SMILES string of the molecule is CC(=O)NC1CCN(c2ncnc(Cl)c2CO)C1. The van der Waals surface area contributed by atoms with E-state index in [0.29, 0.717) is 17.9 Å². The molecular weight excluding hydrogens is 256 g/mol. The zero-order valence-corrected chi connectivity index (χ0v) is 10.8. The van der Waals surface area contributed by atoms with Crippen molar-refractivity contribution >= 4 is 23.3 Å². The van der Waals surface area contributed by atoms with Crippen molar-refractivity contribution in [2.45, 2.75) is 26.0 Å². The Morgan fingerprint density at radius 3 is 3.11 bits per heavy atom. The third kappa shape index (κ3) is 2.70. The minimum Gasteiger partial charge on any atom is -0.391 e. The van der Waals surface area contributed by atoms with Crippen molar-refractivity contribution in [3.05, 3.63) is 17.0 Å². The van der Waals surface area contributed by atoms with Gasteiger partial charge in [-0.2, -0.15) is 0 Å². The lowest BCUT2D eigenvalue weighted by Gasteiger charge is -2.20. The van der Waals surface area contributed by atoms with Gasteiger partial charge in [0.15, 0.2) is 0 Å². The number of hydrogen-bond acceptors (Lipinski definition) is 5. The standard InChI is InChI=1S/C11H15ClN4O2/c1-7(18)15-8-2-3-16(4-8)11-9(5-17)10(12)13-6-14-11/h6,8,17H,2-5H2,1H3,(H,15,18). The minimum absolute atomic E-state index is 0.0371. The van der Waals surface area contributed by atoms with Crippen LogP contribution in [-0.2, 0) is 11.4 Å². The molecule has 1 aliphatic rings. The molecule has 0 spiro atoms. The number of nitrogens with zero attached hydrogens (tertiary/aromatic N) is 3. The maximum absolute atomic E-state index is 11.0. The number of halogens is 1. The highest BCUT2D eigenvalue weighted by Crippen LogP contribution is 2.26. The number of amides is 1. The molecule has 98 valence electrons. The van der Waals surface area contributed by atoms with Crippen LogP contribution in [0.15, 0.2) is 6.33 Å². The number of carbonyl (C=O) groups is 1. The van der Waals surface area contributed by atoms with Gasteiger partial charge in [-0.3, -0.25) is 4.79 Å². The van der Waals surface area contributed by atoms with Crippen LogP contribution in [-0.4, -0.2) is 40.1 Å². The smallest absolute Gasteiger partial charge is 0.217 e. The second kappa shape index (κ2) is 5.49. The van der Waals surface area contributed by atoms with E-state index < -0.39 is 0 Å². The van der Waals surface area contributed by atoms with Gasteiger partial charge in [-0.05, 0) is 6.42 Å². The molecule has 1 aromatic heterocycles. The summed E-state index contributed by atoms with van der Waals surface area (Å²) in [6.45, 7) is 2.74. The molecule has 1 atom stereocenters. The first-order chi connectivity index (χ1) is 8.61. The lowest BCUT2D eigenvalue weighted by atomic mass is 10.2. The van der Waals surface area contributed by atoms with Crippen LogP contribution in [0.25, 0.3) is 0 Å². The molecule has 1 saturated heterocycles. The summed E-state index contributed by atoms with van der Waals surface area (Å²) in [5.74, 6) is 0.607. The first-order valence-corrected chi connectivity index (χ1v) is 6.12. The van der Waals surface area contributed by atoms with Gasteiger partial charge in [0, 0.05) is 26.1 Å². The van der Waals surface area contributed by atoms with Crippen LogP contribution in [0.2, 0.25) is 5.15 Å². The second-order valence-electron chi connectivity index (χ2n) is 4.26. The van der Waals surface area contributed by atoms with Crippen LogP contribution in [0.3, 0.4) is 0 Å². The summed E-state index contributed by atoms with van der Waals surface area (Å²) in [7, 11) is 0. The molecule has 1 unspecified atom stereocenters. The number of nitrogens with one attached hydrogen (secondary N) is 1. The van der Waals surface area contributed by atoms with Gasteiger partial charge in [-0.15, -0.1) is 0 Å². The zero-order chi connectivity index (χ0) is 13.1. The summed E-state index contributed by atoms with van der Waals surface area (Å²) in [4.78, 5) is 21.0. The van der Waals surface area contributed by atoms with E-state index in [1.165, 1.54) is 13.3 Å². The van der Waals surface area contributed by atoms with Gasteiger partial charge < -0.3 is 15.3 Å². The van der Waals surface area contributed by atoms with Crippen LogP contribution in [0.4, 0.5) is 5.82 Å². The summed E-state index contributed by atoms with van der Waals surface area (Å²) >= 11 is 5.92. The predicted molar refractivity (Wildman–Crippen MR) is 67.4 cm³/mol. The zero-order valence-electron chi connectivity index (χ0n) is 10.1. The normalized spacial score (nSPS) is 19.1. The number of anilines is 1. The van der Waals surface area contributed by atoms with Gasteiger partial charge in [-0.1, -0.05) is 11.6 Å². The van der Waals surface area contributed by atoms with E-state index in [1.807, 2.05) is 4.90 Å². The van der Waals surface area contributed by atoms with E-state index >= 15 is 0 Å². The molecule has 2 rings (SSSR count). The van der Waals surface area contributed by atoms with Crippen molar-refractivity contribution in [1.82, 2.24) is 15.3 Å². The summed E-state index contributed by atoms with van der Waals surface area (Å²) in [6.07, 6.45) is 2.23. The third-order valence-electron chi connectivity index (χ3n) is 2.92. The molecule has 0 aromatic carbocycles. The maximum Gasteiger partial charge on any atom is 0.217 e. The molecule has 7 heteroatoms. The van der Waals surface area contributed by atoms with Crippen LogP contribution in [0.1, 0.15) is 18.9 Å². The Bertz CT molecular complexity index is 455. The van der Waals surface area contributed by atoms with E-state index in [0.717, 1.165) is 13.0 Å². The quantitative estimate of drug-likeness (QED) is 0.775. The topological polar surface area (TPSA) is 78.4 Å². The molecule has 1 fully saturated rings. The molecule has 0 bridgehead atoms. The molecule has 1 aliphatic heterocycles. The molecule has 0 radical (unpaired) electrons. The second-order valence-corrected chi connectivity index (χ2v) is 4.61. The number of aromatic nitrogens is 2. The summed E-state index contributed by atoms with van der Waals surface area (Å²) < 4.78 is 0. The molecule has 2 heterocycles.